The average Bonchev–Trinajstić information content (AvgIpc) is 2.18. The maximum absolute atomic E-state index is 9.30. The molecule has 86 valence electrons. The van der Waals surface area contributed by atoms with Crippen molar-refractivity contribution in [1.29, 1.82) is 0 Å². The summed E-state index contributed by atoms with van der Waals surface area (Å²) in [5, 5.41) is 25.0. The van der Waals surface area contributed by atoms with Gasteiger partial charge in [-0.1, -0.05) is 27.2 Å². The molecular weight excluding hydrogens is 177 g/mol. The Hall–Kier alpha value is 0.437. The Balaban J connectivity index is -0.0000000270. The third kappa shape index (κ3) is 138. The van der Waals surface area contributed by atoms with Gasteiger partial charge in [0.05, 0.1) is 0 Å². The Morgan fingerprint density at radius 3 is 1.00 bits per heavy atom. The van der Waals surface area contributed by atoms with E-state index in [-0.39, 0.29) is 31.6 Å². The summed E-state index contributed by atoms with van der Waals surface area (Å²) in [6.07, 6.45) is 2.51. The SMILES string of the molecule is CCCO.CCCO.CCC[O-].N.[Li+]. The van der Waals surface area contributed by atoms with E-state index in [0.717, 1.165) is 19.3 Å². The van der Waals surface area contributed by atoms with E-state index in [1.807, 2.05) is 20.8 Å². The standard InChI is InChI=1S/2C3H8O.C3H7O.Li.H3N/c3*1-2-3-4;;/h2*4H,2-3H2,1H3;2-3H2,1H3;;1H3/q;;-1;+1;. The number of hydrogen-bond acceptors (Lipinski definition) is 4. The fraction of sp³-hybridized carbons (Fsp3) is 1.00. The van der Waals surface area contributed by atoms with E-state index >= 15 is 0 Å². The van der Waals surface area contributed by atoms with E-state index in [2.05, 4.69) is 0 Å². The summed E-state index contributed by atoms with van der Waals surface area (Å²) in [5.41, 5.74) is 0. The molecule has 0 saturated carbocycles. The van der Waals surface area contributed by atoms with Gasteiger partial charge in [-0.2, -0.15) is 0 Å². The molecule has 0 aliphatic rings. The molecule has 0 radical (unpaired) electrons. The fourth-order valence-electron chi connectivity index (χ4n) is 0. The molecule has 0 aromatic rings. The largest absolute Gasteiger partial charge is 1.00 e. The summed E-state index contributed by atoms with van der Waals surface area (Å²) in [5.74, 6) is 0. The molecule has 0 rings (SSSR count). The second kappa shape index (κ2) is 50.2. The van der Waals surface area contributed by atoms with Gasteiger partial charge >= 0.3 is 18.9 Å². The van der Waals surface area contributed by atoms with E-state index in [1.165, 1.54) is 0 Å². The van der Waals surface area contributed by atoms with E-state index < -0.39 is 0 Å². The zero-order valence-corrected chi connectivity index (χ0v) is 10.3. The van der Waals surface area contributed by atoms with Gasteiger partial charge in [-0.25, -0.2) is 0 Å². The maximum Gasteiger partial charge on any atom is 1.00 e. The third-order valence-corrected chi connectivity index (χ3v) is 0.651. The van der Waals surface area contributed by atoms with Crippen LogP contribution in [0.3, 0.4) is 0 Å². The van der Waals surface area contributed by atoms with Gasteiger partial charge in [-0.15, -0.1) is 6.61 Å². The molecular formula is C9H26LiNO3. The Kier molecular flexibility index (Phi) is 105. The van der Waals surface area contributed by atoms with Gasteiger partial charge < -0.3 is 21.5 Å². The van der Waals surface area contributed by atoms with Crippen LogP contribution in [0.5, 0.6) is 0 Å². The van der Waals surface area contributed by atoms with E-state index in [9.17, 15) is 5.11 Å². The predicted molar refractivity (Wildman–Crippen MR) is 54.9 cm³/mol. The van der Waals surface area contributed by atoms with Crippen LogP contribution >= 0.6 is 0 Å². The smallest absolute Gasteiger partial charge is 0.854 e. The van der Waals surface area contributed by atoms with Crippen LogP contribution < -0.4 is 30.1 Å². The zero-order chi connectivity index (χ0) is 10.2. The minimum absolute atomic E-state index is 0. The normalized spacial score (nSPS) is 6.43. The average molecular weight is 203 g/mol. The first kappa shape index (κ1) is 29.3. The molecule has 0 unspecified atom stereocenters. The van der Waals surface area contributed by atoms with Crippen molar-refractivity contribution in [1.82, 2.24) is 6.15 Å². The summed E-state index contributed by atoms with van der Waals surface area (Å²) in [6.45, 7) is 6.44. The molecule has 0 fully saturated rings. The van der Waals surface area contributed by atoms with Gasteiger partial charge in [0.15, 0.2) is 0 Å². The number of aliphatic hydroxyl groups excluding tert-OH is 2. The van der Waals surface area contributed by atoms with Crippen LogP contribution in [0.1, 0.15) is 40.0 Å². The van der Waals surface area contributed by atoms with Gasteiger partial charge in [-0.3, -0.25) is 0 Å². The monoisotopic (exact) mass is 203 g/mol. The Morgan fingerprint density at radius 1 is 0.857 bits per heavy atom. The molecule has 0 saturated heterocycles. The van der Waals surface area contributed by atoms with Crippen LogP contribution in [-0.2, 0) is 0 Å². The van der Waals surface area contributed by atoms with Gasteiger partial charge in [0, 0.05) is 13.2 Å². The molecule has 0 aromatic carbocycles. The van der Waals surface area contributed by atoms with Crippen LogP contribution in [0.15, 0.2) is 0 Å². The molecule has 4 nitrogen and oxygen atoms in total. The molecule has 0 heterocycles. The molecule has 0 bridgehead atoms. The van der Waals surface area contributed by atoms with Crippen molar-refractivity contribution >= 4 is 0 Å². The number of rotatable bonds is 3. The summed E-state index contributed by atoms with van der Waals surface area (Å²) < 4.78 is 0. The summed E-state index contributed by atoms with van der Waals surface area (Å²) in [4.78, 5) is 0. The minimum Gasteiger partial charge on any atom is -0.854 e. The minimum atomic E-state index is 0. The van der Waals surface area contributed by atoms with Crippen molar-refractivity contribution < 1.29 is 34.2 Å². The first-order valence-corrected chi connectivity index (χ1v) is 4.54. The molecule has 5 N–H and O–H groups in total. The van der Waals surface area contributed by atoms with Crippen molar-refractivity contribution in [2.24, 2.45) is 0 Å². The molecule has 0 spiro atoms. The van der Waals surface area contributed by atoms with Crippen LogP contribution in [-0.4, -0.2) is 30.0 Å². The Bertz CT molecular complexity index is 35.5. The molecule has 0 aliphatic carbocycles. The molecule has 0 aromatic heterocycles. The number of aliphatic hydroxyl groups is 2. The molecule has 0 amide bonds. The van der Waals surface area contributed by atoms with E-state index in [0.29, 0.717) is 13.2 Å². The van der Waals surface area contributed by atoms with Crippen LogP contribution in [0.4, 0.5) is 0 Å². The summed E-state index contributed by atoms with van der Waals surface area (Å²) in [7, 11) is 0. The predicted octanol–water partition coefficient (Wildman–Crippen LogP) is -2.30. The van der Waals surface area contributed by atoms with E-state index in [1.54, 1.807) is 0 Å². The summed E-state index contributed by atoms with van der Waals surface area (Å²) in [6, 6.07) is 0. The first-order valence-electron chi connectivity index (χ1n) is 4.54. The molecule has 14 heavy (non-hydrogen) atoms. The van der Waals surface area contributed by atoms with Crippen LogP contribution in [0, 0.1) is 0 Å². The Morgan fingerprint density at radius 2 is 1.00 bits per heavy atom. The fourth-order valence-corrected chi connectivity index (χ4v) is 0. The van der Waals surface area contributed by atoms with Crippen molar-refractivity contribution in [3.05, 3.63) is 0 Å². The molecule has 0 aliphatic heterocycles. The quantitative estimate of drug-likeness (QED) is 0.449. The first-order chi connectivity index (χ1) is 5.74. The van der Waals surface area contributed by atoms with Crippen molar-refractivity contribution in [2.75, 3.05) is 19.8 Å². The van der Waals surface area contributed by atoms with Crippen LogP contribution in [0.25, 0.3) is 0 Å². The zero-order valence-electron chi connectivity index (χ0n) is 10.3. The van der Waals surface area contributed by atoms with Gasteiger partial charge in [0.25, 0.3) is 0 Å². The third-order valence-electron chi connectivity index (χ3n) is 0.651. The van der Waals surface area contributed by atoms with Crippen molar-refractivity contribution in [2.45, 2.75) is 40.0 Å². The Labute approximate surface area is 100 Å². The second-order valence-electron chi connectivity index (χ2n) is 2.15. The molecule has 0 atom stereocenters. The maximum atomic E-state index is 9.30. The second-order valence-corrected chi connectivity index (χ2v) is 2.15. The van der Waals surface area contributed by atoms with E-state index in [4.69, 9.17) is 10.2 Å². The van der Waals surface area contributed by atoms with Crippen molar-refractivity contribution in [3.8, 4) is 0 Å². The van der Waals surface area contributed by atoms with Crippen LogP contribution in [0.2, 0.25) is 0 Å². The summed E-state index contributed by atoms with van der Waals surface area (Å²) >= 11 is 0. The topological polar surface area (TPSA) is 98.5 Å². The number of hydrogen-bond donors (Lipinski definition) is 3. The van der Waals surface area contributed by atoms with Gasteiger partial charge in [-0.05, 0) is 12.8 Å². The van der Waals surface area contributed by atoms with Gasteiger partial charge in [0.2, 0.25) is 0 Å². The van der Waals surface area contributed by atoms with Crippen molar-refractivity contribution in [3.63, 3.8) is 0 Å². The molecule has 5 heteroatoms. The van der Waals surface area contributed by atoms with Gasteiger partial charge in [0.1, 0.15) is 0 Å².